The summed E-state index contributed by atoms with van der Waals surface area (Å²) in [4.78, 5) is 14.8. The van der Waals surface area contributed by atoms with Crippen LogP contribution < -0.4 is 20.1 Å². The Hall–Kier alpha value is -2.31. The minimum absolute atomic E-state index is 0. The van der Waals surface area contributed by atoms with Crippen LogP contribution in [0.5, 0.6) is 11.5 Å². The third-order valence-electron chi connectivity index (χ3n) is 5.37. The highest BCUT2D eigenvalue weighted by Gasteiger charge is 2.29. The van der Waals surface area contributed by atoms with Gasteiger partial charge in [-0.1, -0.05) is 12.5 Å². The Balaban J connectivity index is 0.00000225. The number of fused-ring (bicyclic) bond motifs is 1. The maximum atomic E-state index is 13.4. The van der Waals surface area contributed by atoms with Crippen molar-refractivity contribution < 1.29 is 18.7 Å². The smallest absolute Gasteiger partial charge is 0.231 e. The second-order valence-corrected chi connectivity index (χ2v) is 7.20. The zero-order valence-electron chi connectivity index (χ0n) is 15.5. The number of ether oxygens (including phenoxy) is 2. The summed E-state index contributed by atoms with van der Waals surface area (Å²) in [5, 5.41) is 0. The van der Waals surface area contributed by atoms with E-state index in [2.05, 4.69) is 0 Å². The van der Waals surface area contributed by atoms with Gasteiger partial charge >= 0.3 is 0 Å². The molecule has 1 aliphatic heterocycles. The van der Waals surface area contributed by atoms with Crippen molar-refractivity contribution in [3.63, 3.8) is 0 Å². The van der Waals surface area contributed by atoms with E-state index in [1.807, 2.05) is 18.2 Å². The van der Waals surface area contributed by atoms with Gasteiger partial charge in [0, 0.05) is 18.2 Å². The maximum Gasteiger partial charge on any atom is 0.231 e. The molecule has 2 aliphatic rings. The van der Waals surface area contributed by atoms with Crippen molar-refractivity contribution in [3.8, 4) is 11.5 Å². The van der Waals surface area contributed by atoms with E-state index in [0.29, 0.717) is 30.2 Å². The summed E-state index contributed by atoms with van der Waals surface area (Å²) < 4.78 is 24.1. The Kier molecular flexibility index (Phi) is 6.42. The molecule has 0 radical (unpaired) electrons. The van der Waals surface area contributed by atoms with Crippen LogP contribution in [0, 0.1) is 11.7 Å². The van der Waals surface area contributed by atoms with Crippen molar-refractivity contribution in [2.24, 2.45) is 11.7 Å². The van der Waals surface area contributed by atoms with Crippen LogP contribution >= 0.6 is 12.4 Å². The molecule has 1 amide bonds. The number of carbonyl (C=O) groups is 1. The monoisotopic (exact) mass is 406 g/mol. The highest BCUT2D eigenvalue weighted by molar-refractivity contribution is 5.93. The maximum absolute atomic E-state index is 13.4. The van der Waals surface area contributed by atoms with Gasteiger partial charge in [0.05, 0.1) is 6.54 Å². The first kappa shape index (κ1) is 20.4. The zero-order chi connectivity index (χ0) is 18.8. The summed E-state index contributed by atoms with van der Waals surface area (Å²) in [7, 11) is 0. The van der Waals surface area contributed by atoms with Crippen molar-refractivity contribution in [1.29, 1.82) is 0 Å². The van der Waals surface area contributed by atoms with E-state index in [1.165, 1.54) is 12.1 Å². The van der Waals surface area contributed by atoms with Crippen LogP contribution in [-0.4, -0.2) is 18.7 Å². The van der Waals surface area contributed by atoms with Crippen LogP contribution in [0.15, 0.2) is 42.5 Å². The largest absolute Gasteiger partial charge is 0.454 e. The van der Waals surface area contributed by atoms with Crippen molar-refractivity contribution in [2.75, 3.05) is 11.7 Å². The summed E-state index contributed by atoms with van der Waals surface area (Å²) in [6.45, 7) is 0.585. The predicted molar refractivity (Wildman–Crippen MR) is 107 cm³/mol. The molecule has 2 atom stereocenters. The topological polar surface area (TPSA) is 64.8 Å². The van der Waals surface area contributed by atoms with Gasteiger partial charge in [-0.3, -0.25) is 4.79 Å². The van der Waals surface area contributed by atoms with Crippen LogP contribution in [0.1, 0.15) is 31.2 Å². The average Bonchev–Trinajstić information content (AvgIpc) is 3.29. The van der Waals surface area contributed by atoms with Crippen molar-refractivity contribution in [1.82, 2.24) is 0 Å². The normalized spacial score (nSPS) is 19.9. The summed E-state index contributed by atoms with van der Waals surface area (Å²) in [5.41, 5.74) is 7.74. The number of amides is 1. The Bertz CT molecular complexity index is 831. The molecule has 0 unspecified atom stereocenters. The summed E-state index contributed by atoms with van der Waals surface area (Å²) in [5.74, 6) is 1.26. The Labute approximate surface area is 170 Å². The first-order valence-corrected chi connectivity index (χ1v) is 9.30. The van der Waals surface area contributed by atoms with E-state index in [-0.39, 0.29) is 42.9 Å². The van der Waals surface area contributed by atoms with Gasteiger partial charge in [0.25, 0.3) is 0 Å². The third-order valence-corrected chi connectivity index (χ3v) is 5.37. The number of rotatable bonds is 5. The summed E-state index contributed by atoms with van der Waals surface area (Å²) >= 11 is 0. The number of carbonyl (C=O) groups excluding carboxylic acids is 1. The fourth-order valence-electron chi connectivity index (χ4n) is 3.82. The Morgan fingerprint density at radius 1 is 1.11 bits per heavy atom. The molecule has 1 heterocycles. The molecule has 2 aromatic rings. The molecule has 1 saturated carbocycles. The van der Waals surface area contributed by atoms with Crippen LogP contribution in [0.25, 0.3) is 0 Å². The molecule has 4 rings (SSSR count). The second-order valence-electron chi connectivity index (χ2n) is 7.20. The van der Waals surface area contributed by atoms with Crippen LogP contribution in [0.4, 0.5) is 10.1 Å². The average molecular weight is 407 g/mol. The molecule has 0 spiro atoms. The molecule has 2 aromatic carbocycles. The van der Waals surface area contributed by atoms with Crippen molar-refractivity contribution in [3.05, 3.63) is 53.8 Å². The van der Waals surface area contributed by atoms with Gasteiger partial charge in [0.15, 0.2) is 11.5 Å². The number of benzene rings is 2. The molecule has 0 bridgehead atoms. The lowest BCUT2D eigenvalue weighted by molar-refractivity contribution is -0.119. The second kappa shape index (κ2) is 8.80. The van der Waals surface area contributed by atoms with Gasteiger partial charge in [-0.15, -0.1) is 12.4 Å². The standard InChI is InChI=1S/C21H23FN2O3.ClH/c22-16-5-7-17(8-6-16)24(21(25)11-15-2-1-3-18(15)23)12-14-4-9-19-20(10-14)27-13-26-19;/h4-10,15,18H,1-3,11-13,23H2;1H/t15-,18+;/m0./s1. The van der Waals surface area contributed by atoms with Crippen LogP contribution in [-0.2, 0) is 11.3 Å². The summed E-state index contributed by atoms with van der Waals surface area (Å²) in [6, 6.07) is 11.7. The lowest BCUT2D eigenvalue weighted by Crippen LogP contribution is -2.35. The van der Waals surface area contributed by atoms with E-state index in [0.717, 1.165) is 24.8 Å². The van der Waals surface area contributed by atoms with Gasteiger partial charge < -0.3 is 20.1 Å². The Morgan fingerprint density at radius 2 is 1.86 bits per heavy atom. The quantitative estimate of drug-likeness (QED) is 0.814. The van der Waals surface area contributed by atoms with Gasteiger partial charge in [-0.25, -0.2) is 4.39 Å². The van der Waals surface area contributed by atoms with E-state index in [4.69, 9.17) is 15.2 Å². The summed E-state index contributed by atoms with van der Waals surface area (Å²) in [6.07, 6.45) is 3.42. The van der Waals surface area contributed by atoms with E-state index in [1.54, 1.807) is 17.0 Å². The number of halogens is 2. The van der Waals surface area contributed by atoms with Crippen molar-refractivity contribution in [2.45, 2.75) is 38.3 Å². The number of hydrogen-bond donors (Lipinski definition) is 1. The van der Waals surface area contributed by atoms with Gasteiger partial charge in [0.1, 0.15) is 5.82 Å². The molecule has 2 N–H and O–H groups in total. The van der Waals surface area contributed by atoms with Gasteiger partial charge in [-0.2, -0.15) is 0 Å². The zero-order valence-corrected chi connectivity index (χ0v) is 16.3. The molecule has 5 nitrogen and oxygen atoms in total. The molecule has 7 heteroatoms. The number of hydrogen-bond acceptors (Lipinski definition) is 4. The molecule has 150 valence electrons. The molecule has 0 saturated heterocycles. The fourth-order valence-corrected chi connectivity index (χ4v) is 3.82. The SMILES string of the molecule is Cl.N[C@@H]1CCC[C@H]1CC(=O)N(Cc1ccc2c(c1)OCO2)c1ccc(F)cc1. The van der Waals surface area contributed by atoms with Crippen LogP contribution in [0.2, 0.25) is 0 Å². The Morgan fingerprint density at radius 3 is 2.57 bits per heavy atom. The highest BCUT2D eigenvalue weighted by Crippen LogP contribution is 2.34. The fraction of sp³-hybridized carbons (Fsp3) is 0.381. The first-order valence-electron chi connectivity index (χ1n) is 9.30. The first-order chi connectivity index (χ1) is 13.1. The molecule has 1 fully saturated rings. The highest BCUT2D eigenvalue weighted by atomic mass is 35.5. The van der Waals surface area contributed by atoms with Crippen molar-refractivity contribution >= 4 is 24.0 Å². The lowest BCUT2D eigenvalue weighted by Gasteiger charge is -2.25. The van der Waals surface area contributed by atoms with Gasteiger partial charge in [-0.05, 0) is 60.7 Å². The molecular weight excluding hydrogens is 383 g/mol. The number of nitrogens with two attached hydrogens (primary N) is 1. The van der Waals surface area contributed by atoms with Gasteiger partial charge in [0.2, 0.25) is 12.7 Å². The molecule has 0 aromatic heterocycles. The number of anilines is 1. The van der Waals surface area contributed by atoms with E-state index >= 15 is 0 Å². The minimum atomic E-state index is -0.327. The van der Waals surface area contributed by atoms with E-state index in [9.17, 15) is 9.18 Å². The lowest BCUT2D eigenvalue weighted by atomic mass is 9.99. The van der Waals surface area contributed by atoms with E-state index < -0.39 is 0 Å². The molecule has 28 heavy (non-hydrogen) atoms. The molecule has 1 aliphatic carbocycles. The third kappa shape index (κ3) is 4.39. The minimum Gasteiger partial charge on any atom is -0.454 e. The van der Waals surface area contributed by atoms with Crippen LogP contribution in [0.3, 0.4) is 0 Å². The molecular formula is C21H24ClFN2O3. The number of nitrogens with zero attached hydrogens (tertiary/aromatic N) is 1. The predicted octanol–water partition coefficient (Wildman–Crippen LogP) is 4.03.